The van der Waals surface area contributed by atoms with Crippen molar-refractivity contribution in [2.45, 2.75) is 19.8 Å². The third kappa shape index (κ3) is 3.42. The molecule has 158 valence electrons. The van der Waals surface area contributed by atoms with Crippen molar-refractivity contribution in [1.82, 2.24) is 15.0 Å². The molecule has 5 heteroatoms. The van der Waals surface area contributed by atoms with Gasteiger partial charge in [0.2, 0.25) is 0 Å². The van der Waals surface area contributed by atoms with Gasteiger partial charge in [0.25, 0.3) is 0 Å². The molecule has 0 saturated carbocycles. The molecule has 0 unspecified atom stereocenters. The highest BCUT2D eigenvalue weighted by atomic mass is 16.5. The lowest BCUT2D eigenvalue weighted by atomic mass is 9.94. The van der Waals surface area contributed by atoms with Crippen LogP contribution in [0.3, 0.4) is 0 Å². The summed E-state index contributed by atoms with van der Waals surface area (Å²) in [6, 6.07) is 8.16. The van der Waals surface area contributed by atoms with Crippen LogP contribution in [-0.2, 0) is 6.42 Å². The summed E-state index contributed by atoms with van der Waals surface area (Å²) < 4.78 is 5.38. The summed E-state index contributed by atoms with van der Waals surface area (Å²) >= 11 is 0. The number of nitrogens with one attached hydrogen (secondary N) is 1. The van der Waals surface area contributed by atoms with E-state index in [4.69, 9.17) is 9.72 Å². The molecule has 0 saturated heterocycles. The van der Waals surface area contributed by atoms with Gasteiger partial charge in [0.1, 0.15) is 5.75 Å². The van der Waals surface area contributed by atoms with Gasteiger partial charge in [-0.2, -0.15) is 0 Å². The van der Waals surface area contributed by atoms with E-state index in [2.05, 4.69) is 52.7 Å². The van der Waals surface area contributed by atoms with Gasteiger partial charge >= 0.3 is 0 Å². The molecule has 1 aromatic carbocycles. The number of pyridine rings is 1. The van der Waals surface area contributed by atoms with Gasteiger partial charge in [-0.25, -0.2) is 9.97 Å². The number of nitrogens with zero attached hydrogens (tertiary/aromatic N) is 3. The minimum absolute atomic E-state index is 0.645. The molecule has 2 aliphatic rings. The van der Waals surface area contributed by atoms with Crippen molar-refractivity contribution >= 4 is 16.8 Å². The molecule has 1 aliphatic heterocycles. The number of rotatable bonds is 4. The summed E-state index contributed by atoms with van der Waals surface area (Å²) in [6.07, 6.45) is 11.2. The fourth-order valence-electron chi connectivity index (χ4n) is 4.24. The Labute approximate surface area is 187 Å². The Morgan fingerprint density at radius 1 is 1.19 bits per heavy atom. The van der Waals surface area contributed by atoms with Crippen molar-refractivity contribution in [1.29, 1.82) is 0 Å². The van der Waals surface area contributed by atoms with E-state index in [0.29, 0.717) is 12.2 Å². The van der Waals surface area contributed by atoms with Gasteiger partial charge in [-0.3, -0.25) is 4.98 Å². The maximum Gasteiger partial charge on any atom is 0.155 e. The average Bonchev–Trinajstić information content (AvgIpc) is 2.94. The summed E-state index contributed by atoms with van der Waals surface area (Å²) in [5.41, 5.74) is 9.94. The number of ether oxygens (including phenoxy) is 1. The zero-order valence-corrected chi connectivity index (χ0v) is 18.3. The van der Waals surface area contributed by atoms with Gasteiger partial charge < -0.3 is 10.1 Å². The van der Waals surface area contributed by atoms with Crippen LogP contribution in [-0.4, -0.2) is 22.1 Å². The third-order valence-corrected chi connectivity index (χ3v) is 5.88. The molecule has 1 aliphatic carbocycles. The second-order valence-electron chi connectivity index (χ2n) is 8.09. The summed E-state index contributed by atoms with van der Waals surface area (Å²) in [7, 11) is 1.69. The Morgan fingerprint density at radius 3 is 2.88 bits per heavy atom. The van der Waals surface area contributed by atoms with E-state index in [0.717, 1.165) is 68.2 Å². The minimum atomic E-state index is 0.645. The fraction of sp³-hybridized carbons (Fsp3) is 0.148. The highest BCUT2D eigenvalue weighted by molar-refractivity contribution is 5.95. The lowest BCUT2D eigenvalue weighted by Gasteiger charge is -2.18. The Hall–Kier alpha value is -3.99. The molecule has 0 radical (unpaired) electrons. The van der Waals surface area contributed by atoms with E-state index in [-0.39, 0.29) is 0 Å². The molecule has 0 amide bonds. The zero-order valence-electron chi connectivity index (χ0n) is 18.3. The van der Waals surface area contributed by atoms with Crippen LogP contribution in [0.25, 0.3) is 22.3 Å². The summed E-state index contributed by atoms with van der Waals surface area (Å²) in [5, 5.41) is 3.53. The lowest BCUT2D eigenvalue weighted by molar-refractivity contribution is 0.411. The molecule has 3 aromatic rings. The number of aryl methyl sites for hydroxylation is 1. The molecule has 0 fully saturated rings. The van der Waals surface area contributed by atoms with Crippen molar-refractivity contribution in [3.8, 4) is 16.9 Å². The number of benzene rings is 1. The van der Waals surface area contributed by atoms with Crippen LogP contribution in [0.2, 0.25) is 0 Å². The first-order chi connectivity index (χ1) is 15.5. The van der Waals surface area contributed by atoms with Gasteiger partial charge in [0.15, 0.2) is 5.82 Å². The standard InChI is InChI=1S/C27H24N4O/c1-16-6-5-7-21-25(16)30-23-15-28-11-10-20(23)22-14-29-27(31-26(21)22)18(3)13-19-8-9-24(32-4)17(2)12-19/h5,7-12,14-15,30H,1,3,6,13H2,2,4H3. The van der Waals surface area contributed by atoms with E-state index in [9.17, 15) is 0 Å². The smallest absolute Gasteiger partial charge is 0.155 e. The van der Waals surface area contributed by atoms with Gasteiger partial charge in [-0.05, 0) is 47.8 Å². The molecule has 1 N–H and O–H groups in total. The molecule has 5 rings (SSSR count). The Bertz CT molecular complexity index is 1330. The van der Waals surface area contributed by atoms with Crippen LogP contribution in [0.1, 0.15) is 29.1 Å². The molecule has 32 heavy (non-hydrogen) atoms. The maximum absolute atomic E-state index is 5.38. The highest BCUT2D eigenvalue weighted by Gasteiger charge is 2.25. The Balaban J connectivity index is 1.58. The van der Waals surface area contributed by atoms with Crippen molar-refractivity contribution in [2.75, 3.05) is 12.4 Å². The van der Waals surface area contributed by atoms with Crippen LogP contribution in [0, 0.1) is 6.92 Å². The first-order valence-corrected chi connectivity index (χ1v) is 10.5. The second-order valence-corrected chi connectivity index (χ2v) is 8.09. The largest absolute Gasteiger partial charge is 0.496 e. The normalized spacial score (nSPS) is 14.1. The molecular formula is C27H24N4O. The van der Waals surface area contributed by atoms with Gasteiger partial charge in [0, 0.05) is 35.5 Å². The van der Waals surface area contributed by atoms with Crippen LogP contribution in [0.5, 0.6) is 5.75 Å². The molecular weight excluding hydrogens is 396 g/mol. The summed E-state index contributed by atoms with van der Waals surface area (Å²) in [4.78, 5) is 14.0. The highest BCUT2D eigenvalue weighted by Crippen LogP contribution is 2.41. The topological polar surface area (TPSA) is 59.9 Å². The number of allylic oxidation sites excluding steroid dienone is 5. The Morgan fingerprint density at radius 2 is 2.06 bits per heavy atom. The van der Waals surface area contributed by atoms with Crippen molar-refractivity contribution in [2.24, 2.45) is 0 Å². The number of fused-ring (bicyclic) bond motifs is 4. The van der Waals surface area contributed by atoms with Gasteiger partial charge in [-0.15, -0.1) is 0 Å². The van der Waals surface area contributed by atoms with E-state index < -0.39 is 0 Å². The summed E-state index contributed by atoms with van der Waals surface area (Å²) in [6.45, 7) is 10.6. The third-order valence-electron chi connectivity index (χ3n) is 5.88. The zero-order chi connectivity index (χ0) is 22.2. The fourth-order valence-corrected chi connectivity index (χ4v) is 4.24. The second kappa shape index (κ2) is 7.93. The monoisotopic (exact) mass is 420 g/mol. The molecule has 0 atom stereocenters. The molecule has 5 nitrogen and oxygen atoms in total. The quantitative estimate of drug-likeness (QED) is 0.581. The minimum Gasteiger partial charge on any atom is -0.496 e. The Kier molecular flexibility index (Phi) is 4.94. The van der Waals surface area contributed by atoms with E-state index in [1.807, 2.05) is 31.5 Å². The first-order valence-electron chi connectivity index (χ1n) is 10.5. The predicted octanol–water partition coefficient (Wildman–Crippen LogP) is 5.76. The lowest BCUT2D eigenvalue weighted by Crippen LogP contribution is -2.07. The van der Waals surface area contributed by atoms with Crippen LogP contribution in [0.4, 0.5) is 5.69 Å². The van der Waals surface area contributed by atoms with Crippen molar-refractivity contribution in [3.63, 3.8) is 0 Å². The van der Waals surface area contributed by atoms with Crippen LogP contribution in [0.15, 0.2) is 79.4 Å². The van der Waals surface area contributed by atoms with E-state index >= 15 is 0 Å². The van der Waals surface area contributed by atoms with Crippen LogP contribution >= 0.6 is 0 Å². The molecule has 2 aromatic heterocycles. The van der Waals surface area contributed by atoms with E-state index in [1.54, 1.807) is 13.3 Å². The van der Waals surface area contributed by atoms with Gasteiger partial charge in [0.05, 0.1) is 30.4 Å². The number of anilines is 1. The average molecular weight is 421 g/mol. The first kappa shape index (κ1) is 19.9. The number of hydrogen-bond donors (Lipinski definition) is 1. The predicted molar refractivity (Wildman–Crippen MR) is 129 cm³/mol. The summed E-state index contributed by atoms with van der Waals surface area (Å²) in [5.74, 6) is 1.52. The molecule has 0 bridgehead atoms. The van der Waals surface area contributed by atoms with Crippen LogP contribution < -0.4 is 10.1 Å². The maximum atomic E-state index is 5.38. The van der Waals surface area contributed by atoms with Crippen molar-refractivity contribution < 1.29 is 4.74 Å². The van der Waals surface area contributed by atoms with Gasteiger partial charge in [-0.1, -0.05) is 37.4 Å². The molecule has 0 spiro atoms. The number of hydrogen-bond acceptors (Lipinski definition) is 5. The van der Waals surface area contributed by atoms with Crippen molar-refractivity contribution in [3.05, 3.63) is 102 Å². The molecule has 3 heterocycles. The number of aromatic nitrogens is 3. The SMILES string of the molecule is C=C1CC=CC2=C1Nc1cnccc1-c1cnc(C(=C)Cc3ccc(OC)c(C)c3)nc12. The van der Waals surface area contributed by atoms with E-state index in [1.165, 1.54) is 0 Å². The number of methoxy groups -OCH3 is 1.